The maximum absolute atomic E-state index is 8.84. The monoisotopic (exact) mass is 270 g/mol. The number of nitrogens with two attached hydrogens (primary N) is 1. The lowest BCUT2D eigenvalue weighted by Gasteiger charge is -2.22. The van der Waals surface area contributed by atoms with Crippen LogP contribution in [0.5, 0.6) is 0 Å². The Kier molecular flexibility index (Phi) is 4.55. The Balaban J connectivity index is 2.11. The van der Waals surface area contributed by atoms with E-state index in [1.54, 1.807) is 6.20 Å². The molecule has 0 fully saturated rings. The summed E-state index contributed by atoms with van der Waals surface area (Å²) in [6.45, 7) is 0.821. The van der Waals surface area contributed by atoms with Crippen LogP contribution >= 0.6 is 0 Å². The van der Waals surface area contributed by atoms with Crippen molar-refractivity contribution in [2.75, 3.05) is 18.5 Å². The molecule has 0 amide bonds. The molecule has 0 spiro atoms. The number of pyridine rings is 1. The van der Waals surface area contributed by atoms with Crippen molar-refractivity contribution >= 4 is 11.5 Å². The van der Waals surface area contributed by atoms with Crippen molar-refractivity contribution in [1.82, 2.24) is 4.98 Å². The third kappa shape index (κ3) is 3.26. The van der Waals surface area contributed by atoms with Gasteiger partial charge in [-0.3, -0.25) is 4.98 Å². The Morgan fingerprint density at radius 2 is 2.10 bits per heavy atom. The highest BCUT2D eigenvalue weighted by Gasteiger charge is 2.10. The number of benzene rings is 1. The number of hydrogen-bond acceptors (Lipinski definition) is 4. The highest BCUT2D eigenvalue weighted by molar-refractivity contribution is 6.02. The van der Waals surface area contributed by atoms with E-state index in [-0.39, 0.29) is 5.84 Å². The number of hydrogen-bond donors (Lipinski definition) is 2. The van der Waals surface area contributed by atoms with Crippen LogP contribution in [0.15, 0.2) is 53.9 Å². The molecule has 0 atom stereocenters. The summed E-state index contributed by atoms with van der Waals surface area (Å²) in [5.74, 6) is 0.119. The molecule has 104 valence electrons. The standard InChI is InChI=1S/C15H18N4O/c1-19(10-8-12-5-4-9-17-11-12)14-7-3-2-6-13(14)15(16)18-20/h2-7,9,11,20H,8,10H2,1H3,(H2,16,18). The quantitative estimate of drug-likeness (QED) is 0.376. The summed E-state index contributed by atoms with van der Waals surface area (Å²) in [7, 11) is 1.99. The minimum Gasteiger partial charge on any atom is -0.409 e. The SMILES string of the molecule is CN(CCc1cccnc1)c1ccccc1/C(N)=N/O. The highest BCUT2D eigenvalue weighted by Crippen LogP contribution is 2.19. The number of para-hydroxylation sites is 1. The number of aromatic nitrogens is 1. The van der Waals surface area contributed by atoms with Crippen molar-refractivity contribution in [2.45, 2.75) is 6.42 Å². The van der Waals surface area contributed by atoms with Gasteiger partial charge in [0.05, 0.1) is 0 Å². The molecule has 0 bridgehead atoms. The lowest BCUT2D eigenvalue weighted by Crippen LogP contribution is -2.24. The molecule has 1 aromatic heterocycles. The van der Waals surface area contributed by atoms with Crippen molar-refractivity contribution in [3.8, 4) is 0 Å². The number of amidine groups is 1. The first-order valence-electron chi connectivity index (χ1n) is 6.39. The molecule has 5 nitrogen and oxygen atoms in total. The van der Waals surface area contributed by atoms with E-state index in [0.717, 1.165) is 24.2 Å². The lowest BCUT2D eigenvalue weighted by atomic mass is 10.1. The van der Waals surface area contributed by atoms with Crippen LogP contribution in [0.3, 0.4) is 0 Å². The maximum Gasteiger partial charge on any atom is 0.172 e. The first-order chi connectivity index (χ1) is 9.72. The van der Waals surface area contributed by atoms with E-state index in [4.69, 9.17) is 10.9 Å². The van der Waals surface area contributed by atoms with Crippen LogP contribution in [0, 0.1) is 0 Å². The fourth-order valence-corrected chi connectivity index (χ4v) is 2.04. The first kappa shape index (κ1) is 13.9. The normalized spacial score (nSPS) is 11.3. The molecule has 0 aliphatic carbocycles. The number of likely N-dealkylation sites (N-methyl/N-ethyl adjacent to an activating group) is 1. The molecule has 0 saturated heterocycles. The summed E-state index contributed by atoms with van der Waals surface area (Å²) in [4.78, 5) is 6.19. The second-order valence-corrected chi connectivity index (χ2v) is 4.54. The van der Waals surface area contributed by atoms with Crippen molar-refractivity contribution in [3.05, 3.63) is 59.9 Å². The summed E-state index contributed by atoms with van der Waals surface area (Å²) in [6, 6.07) is 11.6. The van der Waals surface area contributed by atoms with Crippen LogP contribution in [0.2, 0.25) is 0 Å². The second kappa shape index (κ2) is 6.56. The fraction of sp³-hybridized carbons (Fsp3) is 0.200. The van der Waals surface area contributed by atoms with Crippen molar-refractivity contribution in [1.29, 1.82) is 0 Å². The smallest absolute Gasteiger partial charge is 0.172 e. The molecule has 0 aliphatic heterocycles. The molecule has 0 aliphatic rings. The predicted molar refractivity (Wildman–Crippen MR) is 80.2 cm³/mol. The van der Waals surface area contributed by atoms with Gasteiger partial charge in [0.25, 0.3) is 0 Å². The molecule has 2 aromatic rings. The van der Waals surface area contributed by atoms with Crippen molar-refractivity contribution in [2.24, 2.45) is 10.9 Å². The van der Waals surface area contributed by atoms with Gasteiger partial charge in [0.1, 0.15) is 0 Å². The Hall–Kier alpha value is -2.56. The zero-order valence-electron chi connectivity index (χ0n) is 11.4. The minimum atomic E-state index is 0.119. The zero-order valence-corrected chi connectivity index (χ0v) is 11.4. The van der Waals surface area contributed by atoms with Gasteiger partial charge in [-0.2, -0.15) is 0 Å². The van der Waals surface area contributed by atoms with Gasteiger partial charge in [0.15, 0.2) is 5.84 Å². The molecule has 1 heterocycles. The predicted octanol–water partition coefficient (Wildman–Crippen LogP) is 1.85. The Morgan fingerprint density at radius 3 is 2.80 bits per heavy atom. The van der Waals surface area contributed by atoms with Crippen molar-refractivity contribution in [3.63, 3.8) is 0 Å². The van der Waals surface area contributed by atoms with Gasteiger partial charge in [-0.15, -0.1) is 0 Å². The van der Waals surface area contributed by atoms with E-state index in [1.165, 1.54) is 5.56 Å². The van der Waals surface area contributed by atoms with E-state index in [0.29, 0.717) is 0 Å². The van der Waals surface area contributed by atoms with E-state index in [9.17, 15) is 0 Å². The minimum absolute atomic E-state index is 0.119. The molecule has 0 saturated carbocycles. The van der Waals surface area contributed by atoms with E-state index in [1.807, 2.05) is 43.6 Å². The molecule has 5 heteroatoms. The van der Waals surface area contributed by atoms with E-state index >= 15 is 0 Å². The number of oxime groups is 1. The Labute approximate surface area is 118 Å². The Morgan fingerprint density at radius 1 is 1.30 bits per heavy atom. The summed E-state index contributed by atoms with van der Waals surface area (Å²) in [6.07, 6.45) is 4.51. The van der Waals surface area contributed by atoms with Gasteiger partial charge in [-0.25, -0.2) is 0 Å². The molecule has 0 radical (unpaired) electrons. The molecule has 20 heavy (non-hydrogen) atoms. The average Bonchev–Trinajstić information content (AvgIpc) is 2.52. The van der Waals surface area contributed by atoms with Crippen LogP contribution in [0.4, 0.5) is 5.69 Å². The second-order valence-electron chi connectivity index (χ2n) is 4.54. The molecule has 2 rings (SSSR count). The maximum atomic E-state index is 8.84. The van der Waals surface area contributed by atoms with Gasteiger partial charge >= 0.3 is 0 Å². The van der Waals surface area contributed by atoms with E-state index < -0.39 is 0 Å². The van der Waals surface area contributed by atoms with Gasteiger partial charge in [0, 0.05) is 37.2 Å². The fourth-order valence-electron chi connectivity index (χ4n) is 2.04. The Bertz CT molecular complexity index is 583. The summed E-state index contributed by atoms with van der Waals surface area (Å²) in [5.41, 5.74) is 8.55. The molecule has 1 aromatic carbocycles. The van der Waals surface area contributed by atoms with Crippen LogP contribution in [-0.4, -0.2) is 29.6 Å². The lowest BCUT2D eigenvalue weighted by molar-refractivity contribution is 0.318. The van der Waals surface area contributed by atoms with Gasteiger partial charge in [-0.1, -0.05) is 23.4 Å². The van der Waals surface area contributed by atoms with Crippen LogP contribution < -0.4 is 10.6 Å². The molecule has 3 N–H and O–H groups in total. The number of nitrogens with zero attached hydrogens (tertiary/aromatic N) is 3. The highest BCUT2D eigenvalue weighted by atomic mass is 16.4. The van der Waals surface area contributed by atoms with Gasteiger partial charge in [0.2, 0.25) is 0 Å². The number of anilines is 1. The van der Waals surface area contributed by atoms with Crippen LogP contribution in [-0.2, 0) is 6.42 Å². The van der Waals surface area contributed by atoms with Crippen LogP contribution in [0.25, 0.3) is 0 Å². The summed E-state index contributed by atoms with van der Waals surface area (Å²) < 4.78 is 0. The van der Waals surface area contributed by atoms with Crippen molar-refractivity contribution < 1.29 is 5.21 Å². The number of rotatable bonds is 5. The molecular formula is C15H18N4O. The molecular weight excluding hydrogens is 252 g/mol. The first-order valence-corrected chi connectivity index (χ1v) is 6.39. The summed E-state index contributed by atoms with van der Waals surface area (Å²) >= 11 is 0. The third-order valence-electron chi connectivity index (χ3n) is 3.16. The topological polar surface area (TPSA) is 74.7 Å². The average molecular weight is 270 g/mol. The van der Waals surface area contributed by atoms with Gasteiger partial charge in [-0.05, 0) is 30.2 Å². The van der Waals surface area contributed by atoms with Gasteiger partial charge < -0.3 is 15.8 Å². The third-order valence-corrected chi connectivity index (χ3v) is 3.16. The van der Waals surface area contributed by atoms with Crippen LogP contribution in [0.1, 0.15) is 11.1 Å². The van der Waals surface area contributed by atoms with E-state index in [2.05, 4.69) is 21.1 Å². The summed E-state index contributed by atoms with van der Waals surface area (Å²) in [5, 5.41) is 11.9. The molecule has 0 unspecified atom stereocenters. The zero-order chi connectivity index (χ0) is 14.4. The largest absolute Gasteiger partial charge is 0.409 e.